The third kappa shape index (κ3) is 3.89. The largest absolute Gasteiger partial charge is 0.369 e. The Morgan fingerprint density at radius 1 is 1.17 bits per heavy atom. The number of aromatic nitrogens is 3. The average molecular weight is 478 g/mol. The van der Waals surface area contributed by atoms with Crippen molar-refractivity contribution in [2.45, 2.75) is 44.5 Å². The van der Waals surface area contributed by atoms with Gasteiger partial charge in [0, 0.05) is 36.0 Å². The molecule has 0 spiro atoms. The molecule has 2 unspecified atom stereocenters. The Kier molecular flexibility index (Phi) is 5.17. The summed E-state index contributed by atoms with van der Waals surface area (Å²) in [7, 11) is 1.68. The summed E-state index contributed by atoms with van der Waals surface area (Å²) in [6.07, 6.45) is 8.23. The van der Waals surface area contributed by atoms with Crippen LogP contribution in [0.1, 0.15) is 59.9 Å². The molecule has 3 aromatic rings. The van der Waals surface area contributed by atoms with Crippen LogP contribution in [0.3, 0.4) is 0 Å². The second kappa shape index (κ2) is 8.27. The quantitative estimate of drug-likeness (QED) is 0.576. The van der Waals surface area contributed by atoms with Gasteiger partial charge in [-0.1, -0.05) is 0 Å². The second-order valence-electron chi connectivity index (χ2n) is 9.36. The van der Waals surface area contributed by atoms with Crippen LogP contribution in [0.4, 0.5) is 14.6 Å². The number of nitrogens with one attached hydrogen (secondary N) is 1. The van der Waals surface area contributed by atoms with Crippen molar-refractivity contribution in [2.24, 2.45) is 0 Å². The number of rotatable bonds is 4. The first-order chi connectivity index (χ1) is 16.9. The fourth-order valence-corrected chi connectivity index (χ4v) is 4.65. The molecule has 0 radical (unpaired) electrons. The summed E-state index contributed by atoms with van der Waals surface area (Å²) in [5.74, 6) is -1.28. The molecular formula is C26H25F2N5O2. The Labute approximate surface area is 201 Å². The second-order valence-corrected chi connectivity index (χ2v) is 9.36. The van der Waals surface area contributed by atoms with Crippen LogP contribution in [-0.4, -0.2) is 45.4 Å². The summed E-state index contributed by atoms with van der Waals surface area (Å²) in [4.78, 5) is 19.5. The molecule has 7 nitrogen and oxygen atoms in total. The number of fused-ring (bicyclic) bond motifs is 1. The van der Waals surface area contributed by atoms with Gasteiger partial charge in [0.2, 0.25) is 0 Å². The number of carbonyl (C=O) groups excluding carboxylic acids is 1. The number of ether oxygens (including phenoxy) is 1. The maximum Gasteiger partial charge on any atom is 0.259 e. The lowest BCUT2D eigenvalue weighted by molar-refractivity contribution is 0.0747. The molecule has 0 saturated heterocycles. The van der Waals surface area contributed by atoms with Gasteiger partial charge in [-0.15, -0.1) is 0 Å². The predicted molar refractivity (Wildman–Crippen MR) is 127 cm³/mol. The SMILES string of the molecule is CC1Nc2nc(C3=CC(c4cnn(C5CC5)c4)OCC3)cc(-c3ccc(F)cc3F)c2C(=O)N1C. The third-order valence-electron chi connectivity index (χ3n) is 6.92. The monoisotopic (exact) mass is 477 g/mol. The summed E-state index contributed by atoms with van der Waals surface area (Å²) in [5.41, 5.74) is 3.34. The summed E-state index contributed by atoms with van der Waals surface area (Å²) >= 11 is 0. The molecule has 9 heteroatoms. The number of carbonyl (C=O) groups is 1. The van der Waals surface area contributed by atoms with E-state index < -0.39 is 11.6 Å². The first kappa shape index (κ1) is 21.9. The van der Waals surface area contributed by atoms with Gasteiger partial charge < -0.3 is 15.0 Å². The van der Waals surface area contributed by atoms with E-state index in [0.717, 1.165) is 30.0 Å². The van der Waals surface area contributed by atoms with E-state index in [2.05, 4.69) is 10.4 Å². The third-order valence-corrected chi connectivity index (χ3v) is 6.92. The molecule has 1 fully saturated rings. The van der Waals surface area contributed by atoms with Crippen LogP contribution < -0.4 is 5.32 Å². The molecule has 1 N–H and O–H groups in total. The summed E-state index contributed by atoms with van der Waals surface area (Å²) in [5, 5.41) is 7.72. The number of hydrogen-bond acceptors (Lipinski definition) is 5. The van der Waals surface area contributed by atoms with Crippen LogP contribution in [0.25, 0.3) is 16.7 Å². The molecule has 1 aliphatic carbocycles. The lowest BCUT2D eigenvalue weighted by Crippen LogP contribution is -2.45. The fraction of sp³-hybridized carbons (Fsp3) is 0.346. The van der Waals surface area contributed by atoms with Crippen LogP contribution >= 0.6 is 0 Å². The van der Waals surface area contributed by atoms with Crippen LogP contribution in [0.5, 0.6) is 0 Å². The van der Waals surface area contributed by atoms with Crippen LogP contribution in [-0.2, 0) is 4.74 Å². The zero-order chi connectivity index (χ0) is 24.3. The highest BCUT2D eigenvalue weighted by Crippen LogP contribution is 2.39. The van der Waals surface area contributed by atoms with Gasteiger partial charge in [0.1, 0.15) is 23.6 Å². The zero-order valence-electron chi connectivity index (χ0n) is 19.5. The maximum atomic E-state index is 14.9. The van der Waals surface area contributed by atoms with Crippen LogP contribution in [0.2, 0.25) is 0 Å². The topological polar surface area (TPSA) is 72.3 Å². The molecule has 2 aromatic heterocycles. The van der Waals surface area contributed by atoms with E-state index in [1.807, 2.05) is 30.1 Å². The highest BCUT2D eigenvalue weighted by atomic mass is 19.1. The van der Waals surface area contributed by atoms with Gasteiger partial charge in [-0.2, -0.15) is 5.10 Å². The van der Waals surface area contributed by atoms with Crippen molar-refractivity contribution in [2.75, 3.05) is 19.0 Å². The van der Waals surface area contributed by atoms with Crippen molar-refractivity contribution in [1.82, 2.24) is 19.7 Å². The van der Waals surface area contributed by atoms with Crippen molar-refractivity contribution in [1.29, 1.82) is 0 Å². The average Bonchev–Trinajstić information content (AvgIpc) is 3.58. The van der Waals surface area contributed by atoms with E-state index in [0.29, 0.717) is 36.1 Å². The molecular weight excluding hydrogens is 452 g/mol. The van der Waals surface area contributed by atoms with E-state index in [9.17, 15) is 13.6 Å². The van der Waals surface area contributed by atoms with Crippen LogP contribution in [0, 0.1) is 11.6 Å². The predicted octanol–water partition coefficient (Wildman–Crippen LogP) is 4.95. The molecule has 3 aliphatic rings. The molecule has 1 aromatic carbocycles. The van der Waals surface area contributed by atoms with Crippen molar-refractivity contribution in [3.63, 3.8) is 0 Å². The molecule has 4 heterocycles. The standard InChI is InChI=1S/C26H25F2N5O2/c1-14-30-25-24(26(34)32(14)2)20(19-6-3-17(27)10-21(19)28)11-22(31-25)15-7-8-35-23(9-15)16-12-29-33(13-16)18-4-5-18/h3,6,9-14,18,23H,4-5,7-8H2,1-2H3,(H,30,31). The number of anilines is 1. The zero-order valence-corrected chi connectivity index (χ0v) is 19.5. The number of hydrogen-bond donors (Lipinski definition) is 1. The van der Waals surface area contributed by atoms with Crippen molar-refractivity contribution in [3.05, 3.63) is 71.2 Å². The van der Waals surface area contributed by atoms with Gasteiger partial charge in [-0.05, 0) is 56.0 Å². The summed E-state index contributed by atoms with van der Waals surface area (Å²) in [6.45, 7) is 2.35. The van der Waals surface area contributed by atoms with E-state index >= 15 is 0 Å². The minimum Gasteiger partial charge on any atom is -0.369 e. The van der Waals surface area contributed by atoms with E-state index in [4.69, 9.17) is 9.72 Å². The minimum atomic E-state index is -0.732. The number of pyridine rings is 1. The molecule has 1 amide bonds. The molecule has 1 saturated carbocycles. The highest BCUT2D eigenvalue weighted by molar-refractivity contribution is 6.07. The first-order valence-corrected chi connectivity index (χ1v) is 11.8. The van der Waals surface area contributed by atoms with E-state index in [1.165, 1.54) is 17.0 Å². The van der Waals surface area contributed by atoms with Crippen molar-refractivity contribution >= 4 is 17.3 Å². The molecule has 2 atom stereocenters. The van der Waals surface area contributed by atoms with Gasteiger partial charge in [-0.3, -0.25) is 9.48 Å². The molecule has 6 rings (SSSR count). The number of benzene rings is 1. The lowest BCUT2D eigenvalue weighted by atomic mass is 9.93. The van der Waals surface area contributed by atoms with Crippen molar-refractivity contribution < 1.29 is 18.3 Å². The number of nitrogens with zero attached hydrogens (tertiary/aromatic N) is 4. The van der Waals surface area contributed by atoms with Crippen LogP contribution in [0.15, 0.2) is 42.7 Å². The fourth-order valence-electron chi connectivity index (χ4n) is 4.65. The van der Waals surface area contributed by atoms with E-state index in [-0.39, 0.29) is 29.3 Å². The molecule has 0 bridgehead atoms. The Bertz CT molecular complexity index is 1360. The normalized spacial score (nSPS) is 22.0. The van der Waals surface area contributed by atoms with Gasteiger partial charge in [0.05, 0.1) is 36.3 Å². The smallest absolute Gasteiger partial charge is 0.259 e. The summed E-state index contributed by atoms with van der Waals surface area (Å²) < 4.78 is 36.5. The van der Waals surface area contributed by atoms with E-state index in [1.54, 1.807) is 13.1 Å². The summed E-state index contributed by atoms with van der Waals surface area (Å²) in [6, 6.07) is 5.59. The first-order valence-electron chi connectivity index (χ1n) is 11.8. The Morgan fingerprint density at radius 3 is 2.77 bits per heavy atom. The molecule has 180 valence electrons. The minimum absolute atomic E-state index is 0.152. The van der Waals surface area contributed by atoms with Gasteiger partial charge in [0.15, 0.2) is 0 Å². The van der Waals surface area contributed by atoms with Crippen molar-refractivity contribution in [3.8, 4) is 11.1 Å². The Balaban J connectivity index is 1.46. The molecule has 35 heavy (non-hydrogen) atoms. The van der Waals surface area contributed by atoms with Gasteiger partial charge in [-0.25, -0.2) is 13.8 Å². The maximum absolute atomic E-state index is 14.9. The highest BCUT2D eigenvalue weighted by Gasteiger charge is 2.33. The van der Waals surface area contributed by atoms with Gasteiger partial charge in [0.25, 0.3) is 5.91 Å². The van der Waals surface area contributed by atoms with Gasteiger partial charge >= 0.3 is 0 Å². The Hall–Kier alpha value is -3.59. The number of halogens is 2. The lowest BCUT2D eigenvalue weighted by Gasteiger charge is -2.34. The Morgan fingerprint density at radius 2 is 2.00 bits per heavy atom. The number of amides is 1. The molecule has 2 aliphatic heterocycles.